The van der Waals surface area contributed by atoms with Gasteiger partial charge in [-0.3, -0.25) is 4.79 Å². The molecule has 110 valence electrons. The molecule has 1 saturated carbocycles. The second-order valence-corrected chi connectivity index (χ2v) is 5.52. The van der Waals surface area contributed by atoms with Crippen molar-refractivity contribution in [3.05, 3.63) is 45.7 Å². The molecule has 1 aliphatic rings. The fourth-order valence-electron chi connectivity index (χ4n) is 3.07. The monoisotopic (exact) mass is 285 g/mol. The molecular formula is C17H19NO3. The third kappa shape index (κ3) is 2.58. The molecule has 1 heterocycles. The van der Waals surface area contributed by atoms with E-state index in [0.29, 0.717) is 23.1 Å². The Morgan fingerprint density at radius 3 is 2.71 bits per heavy atom. The average molecular weight is 285 g/mol. The number of ether oxygens (including phenoxy) is 1. The van der Waals surface area contributed by atoms with Gasteiger partial charge in [0.2, 0.25) is 0 Å². The highest BCUT2D eigenvalue weighted by Gasteiger charge is 2.24. The van der Waals surface area contributed by atoms with E-state index in [4.69, 9.17) is 4.74 Å². The van der Waals surface area contributed by atoms with Gasteiger partial charge in [0.15, 0.2) is 0 Å². The Balaban J connectivity index is 2.10. The SMILES string of the molecule is CCc1c(C(=O)OC2CCCC2)c2ccccc2[nH]c1=O. The van der Waals surface area contributed by atoms with Crippen LogP contribution in [0.5, 0.6) is 0 Å². The number of hydrogen-bond donors (Lipinski definition) is 1. The fraction of sp³-hybridized carbons (Fsp3) is 0.412. The zero-order chi connectivity index (χ0) is 14.8. The lowest BCUT2D eigenvalue weighted by Gasteiger charge is -2.14. The molecule has 1 aliphatic carbocycles. The largest absolute Gasteiger partial charge is 0.459 e. The topological polar surface area (TPSA) is 59.2 Å². The zero-order valence-electron chi connectivity index (χ0n) is 12.1. The quantitative estimate of drug-likeness (QED) is 0.881. The summed E-state index contributed by atoms with van der Waals surface area (Å²) in [5, 5.41) is 0.761. The van der Waals surface area contributed by atoms with E-state index in [1.807, 2.05) is 31.2 Å². The first kappa shape index (κ1) is 13.9. The van der Waals surface area contributed by atoms with Gasteiger partial charge in [-0.05, 0) is 38.2 Å². The highest BCUT2D eigenvalue weighted by Crippen LogP contribution is 2.25. The van der Waals surface area contributed by atoms with Crippen LogP contribution in [0, 0.1) is 0 Å². The standard InChI is InChI=1S/C17H19NO3/c1-2-12-15(17(20)21-11-7-3-4-8-11)13-9-5-6-10-14(13)18-16(12)19/h5-6,9-11H,2-4,7-8H2,1H3,(H,18,19). The van der Waals surface area contributed by atoms with Crippen LogP contribution in [0.15, 0.2) is 29.1 Å². The Morgan fingerprint density at radius 2 is 2.00 bits per heavy atom. The lowest BCUT2D eigenvalue weighted by atomic mass is 10.0. The molecule has 1 aromatic carbocycles. The van der Waals surface area contributed by atoms with Crippen molar-refractivity contribution in [2.45, 2.75) is 45.1 Å². The molecular weight excluding hydrogens is 266 g/mol. The third-order valence-electron chi connectivity index (χ3n) is 4.15. The van der Waals surface area contributed by atoms with Crippen LogP contribution in [0.4, 0.5) is 0 Å². The van der Waals surface area contributed by atoms with Gasteiger partial charge in [0.05, 0.1) is 5.56 Å². The van der Waals surface area contributed by atoms with Crippen molar-refractivity contribution in [3.63, 3.8) is 0 Å². The Labute approximate surface area is 123 Å². The van der Waals surface area contributed by atoms with Crippen LogP contribution in [-0.2, 0) is 11.2 Å². The number of hydrogen-bond acceptors (Lipinski definition) is 3. The van der Waals surface area contributed by atoms with Gasteiger partial charge in [-0.2, -0.15) is 0 Å². The van der Waals surface area contributed by atoms with Crippen LogP contribution >= 0.6 is 0 Å². The van der Waals surface area contributed by atoms with E-state index in [1.165, 1.54) is 0 Å². The highest BCUT2D eigenvalue weighted by atomic mass is 16.5. The van der Waals surface area contributed by atoms with Crippen LogP contribution in [0.3, 0.4) is 0 Å². The number of carbonyl (C=O) groups excluding carboxylic acids is 1. The second kappa shape index (κ2) is 5.72. The first-order chi connectivity index (χ1) is 10.2. The summed E-state index contributed by atoms with van der Waals surface area (Å²) in [7, 11) is 0. The summed E-state index contributed by atoms with van der Waals surface area (Å²) >= 11 is 0. The minimum absolute atomic E-state index is 0.000237. The van der Waals surface area contributed by atoms with E-state index in [-0.39, 0.29) is 17.6 Å². The van der Waals surface area contributed by atoms with Gasteiger partial charge in [-0.15, -0.1) is 0 Å². The lowest BCUT2D eigenvalue weighted by molar-refractivity contribution is 0.0319. The molecule has 0 saturated heterocycles. The summed E-state index contributed by atoms with van der Waals surface area (Å²) in [5.41, 5.74) is 1.42. The third-order valence-corrected chi connectivity index (χ3v) is 4.15. The van der Waals surface area contributed by atoms with Crippen molar-refractivity contribution in [1.29, 1.82) is 0 Å². The summed E-state index contributed by atoms with van der Waals surface area (Å²) in [6.07, 6.45) is 4.57. The maximum Gasteiger partial charge on any atom is 0.339 e. The highest BCUT2D eigenvalue weighted by molar-refractivity contribution is 6.04. The zero-order valence-corrected chi connectivity index (χ0v) is 12.1. The van der Waals surface area contributed by atoms with Crippen molar-refractivity contribution in [2.24, 2.45) is 0 Å². The summed E-state index contributed by atoms with van der Waals surface area (Å²) in [5.74, 6) is -0.360. The number of pyridine rings is 1. The van der Waals surface area contributed by atoms with E-state index in [2.05, 4.69) is 4.98 Å². The van der Waals surface area contributed by atoms with Crippen molar-refractivity contribution in [2.75, 3.05) is 0 Å². The Hall–Kier alpha value is -2.10. The number of benzene rings is 1. The minimum Gasteiger partial charge on any atom is -0.459 e. The number of para-hydroxylation sites is 1. The second-order valence-electron chi connectivity index (χ2n) is 5.52. The molecule has 21 heavy (non-hydrogen) atoms. The lowest BCUT2D eigenvalue weighted by Crippen LogP contribution is -2.22. The normalized spacial score (nSPS) is 15.5. The predicted molar refractivity (Wildman–Crippen MR) is 81.6 cm³/mol. The van der Waals surface area contributed by atoms with Crippen LogP contribution in [0.1, 0.15) is 48.5 Å². The number of nitrogens with one attached hydrogen (secondary N) is 1. The molecule has 1 aromatic heterocycles. The molecule has 0 bridgehead atoms. The van der Waals surface area contributed by atoms with E-state index < -0.39 is 0 Å². The van der Waals surface area contributed by atoms with Crippen LogP contribution in [0.25, 0.3) is 10.9 Å². The molecule has 4 nitrogen and oxygen atoms in total. The van der Waals surface area contributed by atoms with E-state index in [0.717, 1.165) is 31.1 Å². The molecule has 0 atom stereocenters. The van der Waals surface area contributed by atoms with Gasteiger partial charge in [-0.25, -0.2) is 4.79 Å². The number of H-pyrrole nitrogens is 1. The van der Waals surface area contributed by atoms with Gasteiger partial charge in [0, 0.05) is 16.5 Å². The van der Waals surface area contributed by atoms with Crippen molar-refractivity contribution in [3.8, 4) is 0 Å². The van der Waals surface area contributed by atoms with Crippen LogP contribution < -0.4 is 5.56 Å². The predicted octanol–water partition coefficient (Wildman–Crippen LogP) is 3.19. The molecule has 2 aromatic rings. The molecule has 1 N–H and O–H groups in total. The molecule has 4 heteroatoms. The first-order valence-electron chi connectivity index (χ1n) is 7.55. The number of fused-ring (bicyclic) bond motifs is 1. The van der Waals surface area contributed by atoms with Crippen LogP contribution in [0.2, 0.25) is 0 Å². The number of aromatic nitrogens is 1. The fourth-order valence-corrected chi connectivity index (χ4v) is 3.07. The van der Waals surface area contributed by atoms with Crippen molar-refractivity contribution in [1.82, 2.24) is 4.98 Å². The molecule has 0 spiro atoms. The van der Waals surface area contributed by atoms with Gasteiger partial charge in [-0.1, -0.05) is 25.1 Å². The Morgan fingerprint density at radius 1 is 1.29 bits per heavy atom. The maximum atomic E-state index is 12.6. The summed E-state index contributed by atoms with van der Waals surface area (Å²) in [6.45, 7) is 1.88. The molecule has 0 unspecified atom stereocenters. The molecule has 0 aliphatic heterocycles. The van der Waals surface area contributed by atoms with Crippen molar-refractivity contribution < 1.29 is 9.53 Å². The number of aromatic amines is 1. The number of esters is 1. The molecule has 3 rings (SSSR count). The first-order valence-corrected chi connectivity index (χ1v) is 7.55. The van der Waals surface area contributed by atoms with Crippen molar-refractivity contribution >= 4 is 16.9 Å². The maximum absolute atomic E-state index is 12.6. The molecule has 0 radical (unpaired) electrons. The van der Waals surface area contributed by atoms with E-state index >= 15 is 0 Å². The smallest absolute Gasteiger partial charge is 0.339 e. The van der Waals surface area contributed by atoms with Crippen LogP contribution in [-0.4, -0.2) is 17.1 Å². The summed E-state index contributed by atoms with van der Waals surface area (Å²) in [4.78, 5) is 27.6. The molecule has 0 amide bonds. The summed E-state index contributed by atoms with van der Waals surface area (Å²) < 4.78 is 5.61. The number of rotatable bonds is 3. The minimum atomic E-state index is -0.360. The van der Waals surface area contributed by atoms with E-state index in [1.54, 1.807) is 0 Å². The van der Waals surface area contributed by atoms with E-state index in [9.17, 15) is 9.59 Å². The van der Waals surface area contributed by atoms with Gasteiger partial charge in [0.1, 0.15) is 6.10 Å². The summed E-state index contributed by atoms with van der Waals surface area (Å²) in [6, 6.07) is 7.38. The number of carbonyl (C=O) groups is 1. The Bertz CT molecular complexity index is 726. The Kier molecular flexibility index (Phi) is 3.78. The molecule has 1 fully saturated rings. The van der Waals surface area contributed by atoms with Gasteiger partial charge >= 0.3 is 5.97 Å². The average Bonchev–Trinajstić information content (AvgIpc) is 2.98. The van der Waals surface area contributed by atoms with Gasteiger partial charge < -0.3 is 9.72 Å². The van der Waals surface area contributed by atoms with Gasteiger partial charge in [0.25, 0.3) is 5.56 Å².